The molecule has 130 valence electrons. The second-order valence-electron chi connectivity index (χ2n) is 5.55. The van der Waals surface area contributed by atoms with E-state index in [1.807, 2.05) is 4.90 Å². The van der Waals surface area contributed by atoms with Crippen molar-refractivity contribution in [3.63, 3.8) is 0 Å². The highest BCUT2D eigenvalue weighted by Gasteiger charge is 2.26. The molecule has 1 aliphatic heterocycles. The van der Waals surface area contributed by atoms with Crippen molar-refractivity contribution < 1.29 is 13.7 Å². The van der Waals surface area contributed by atoms with Crippen LogP contribution in [0, 0.1) is 6.92 Å². The molecule has 0 unspecified atom stereocenters. The van der Waals surface area contributed by atoms with Crippen LogP contribution in [-0.2, 0) is 4.74 Å². The first-order valence-electron chi connectivity index (χ1n) is 7.72. The Kier molecular flexibility index (Phi) is 4.37. The Hall–Kier alpha value is -2.09. The van der Waals surface area contributed by atoms with Crippen LogP contribution in [0.3, 0.4) is 0 Å². The van der Waals surface area contributed by atoms with E-state index in [0.29, 0.717) is 70.8 Å². The van der Waals surface area contributed by atoms with Gasteiger partial charge in [0, 0.05) is 18.7 Å². The van der Waals surface area contributed by atoms with Gasteiger partial charge >= 0.3 is 6.01 Å². The molecule has 0 bridgehead atoms. The van der Waals surface area contributed by atoms with Gasteiger partial charge in [0.1, 0.15) is 17.0 Å². The van der Waals surface area contributed by atoms with Crippen LogP contribution >= 0.6 is 23.2 Å². The predicted octanol–water partition coefficient (Wildman–Crippen LogP) is 3.84. The van der Waals surface area contributed by atoms with Crippen molar-refractivity contribution in [1.29, 1.82) is 0 Å². The van der Waals surface area contributed by atoms with Crippen LogP contribution in [0.5, 0.6) is 0 Å². The van der Waals surface area contributed by atoms with Gasteiger partial charge in [-0.25, -0.2) is 0 Å². The van der Waals surface area contributed by atoms with Gasteiger partial charge in [0.2, 0.25) is 0 Å². The number of halogens is 2. The summed E-state index contributed by atoms with van der Waals surface area (Å²) in [6, 6.07) is 5.69. The van der Waals surface area contributed by atoms with Crippen LogP contribution in [-0.4, -0.2) is 41.7 Å². The second kappa shape index (κ2) is 6.67. The number of benzene rings is 1. The molecule has 0 radical (unpaired) electrons. The molecule has 1 aromatic carbocycles. The van der Waals surface area contributed by atoms with Crippen molar-refractivity contribution in [3.8, 4) is 22.7 Å². The van der Waals surface area contributed by atoms with E-state index in [1.54, 1.807) is 25.1 Å². The number of hydrogen-bond donors (Lipinski definition) is 0. The lowest BCUT2D eigenvalue weighted by Gasteiger charge is -2.24. The third-order valence-corrected chi connectivity index (χ3v) is 4.60. The number of aromatic nitrogens is 3. The summed E-state index contributed by atoms with van der Waals surface area (Å²) in [7, 11) is 0. The average Bonchev–Trinajstić information content (AvgIpc) is 3.23. The second-order valence-corrected chi connectivity index (χ2v) is 6.36. The Morgan fingerprint density at radius 3 is 2.48 bits per heavy atom. The molecule has 7 nitrogen and oxygen atoms in total. The third-order valence-electron chi connectivity index (χ3n) is 3.97. The van der Waals surface area contributed by atoms with Crippen molar-refractivity contribution in [1.82, 2.24) is 15.4 Å². The molecule has 2 aromatic heterocycles. The fourth-order valence-corrected chi connectivity index (χ4v) is 3.29. The normalized spacial score (nSPS) is 14.9. The number of rotatable bonds is 3. The largest absolute Gasteiger partial charge is 0.403 e. The Balaban J connectivity index is 1.77. The van der Waals surface area contributed by atoms with Crippen LogP contribution in [0.25, 0.3) is 22.7 Å². The Morgan fingerprint density at radius 2 is 1.76 bits per heavy atom. The van der Waals surface area contributed by atoms with Gasteiger partial charge in [0.25, 0.3) is 5.89 Å². The summed E-state index contributed by atoms with van der Waals surface area (Å²) in [6.07, 6.45) is 0. The molecule has 9 heteroatoms. The predicted molar refractivity (Wildman–Crippen MR) is 93.0 cm³/mol. The molecular weight excluding hydrogens is 367 g/mol. The highest BCUT2D eigenvalue weighted by molar-refractivity contribution is 6.39. The van der Waals surface area contributed by atoms with E-state index >= 15 is 0 Å². The van der Waals surface area contributed by atoms with E-state index in [0.717, 1.165) is 0 Å². The van der Waals surface area contributed by atoms with Crippen LogP contribution < -0.4 is 4.90 Å². The lowest BCUT2D eigenvalue weighted by Crippen LogP contribution is -2.36. The van der Waals surface area contributed by atoms with Crippen LogP contribution in [0.4, 0.5) is 6.01 Å². The summed E-state index contributed by atoms with van der Waals surface area (Å²) in [5, 5.41) is 13.3. The summed E-state index contributed by atoms with van der Waals surface area (Å²) >= 11 is 12.6. The summed E-state index contributed by atoms with van der Waals surface area (Å²) in [5.74, 6) is 0.856. The minimum Gasteiger partial charge on any atom is -0.403 e. The van der Waals surface area contributed by atoms with E-state index in [-0.39, 0.29) is 0 Å². The number of anilines is 1. The first-order chi connectivity index (χ1) is 12.1. The molecule has 3 aromatic rings. The minimum atomic E-state index is 0.311. The zero-order valence-corrected chi connectivity index (χ0v) is 14.8. The van der Waals surface area contributed by atoms with Crippen molar-refractivity contribution in [2.75, 3.05) is 31.2 Å². The molecule has 0 N–H and O–H groups in total. The highest BCUT2D eigenvalue weighted by atomic mass is 35.5. The molecular formula is C16H14Cl2N4O3. The minimum absolute atomic E-state index is 0.311. The van der Waals surface area contributed by atoms with Gasteiger partial charge in [0.15, 0.2) is 0 Å². The van der Waals surface area contributed by atoms with Gasteiger partial charge < -0.3 is 18.6 Å². The number of aryl methyl sites for hydroxylation is 1. The number of hydrogen-bond acceptors (Lipinski definition) is 7. The van der Waals surface area contributed by atoms with Crippen LogP contribution in [0.15, 0.2) is 27.1 Å². The molecule has 25 heavy (non-hydrogen) atoms. The molecule has 1 fully saturated rings. The maximum atomic E-state index is 6.30. The number of ether oxygens (including phenoxy) is 1. The van der Waals surface area contributed by atoms with Gasteiger partial charge in [-0.05, 0) is 19.1 Å². The third kappa shape index (κ3) is 2.99. The maximum Gasteiger partial charge on any atom is 0.318 e. The first-order valence-corrected chi connectivity index (χ1v) is 8.48. The molecule has 3 heterocycles. The Morgan fingerprint density at radius 1 is 1.04 bits per heavy atom. The fraction of sp³-hybridized carbons (Fsp3) is 0.312. The summed E-state index contributed by atoms with van der Waals surface area (Å²) in [5.41, 5.74) is 1.64. The van der Waals surface area contributed by atoms with E-state index in [1.165, 1.54) is 0 Å². The maximum absolute atomic E-state index is 6.30. The molecule has 1 saturated heterocycles. The zero-order valence-electron chi connectivity index (χ0n) is 13.3. The molecule has 0 atom stereocenters. The Labute approximate surface area is 153 Å². The lowest BCUT2D eigenvalue weighted by molar-refractivity contribution is 0.120. The van der Waals surface area contributed by atoms with E-state index in [9.17, 15) is 0 Å². The quantitative estimate of drug-likeness (QED) is 0.682. The van der Waals surface area contributed by atoms with Gasteiger partial charge in [-0.2, -0.15) is 0 Å². The number of morpholine rings is 1. The smallest absolute Gasteiger partial charge is 0.318 e. The topological polar surface area (TPSA) is 77.4 Å². The standard InChI is InChI=1S/C16H14Cl2N4O3/c1-9-12(14(21-25-9)13-10(17)3-2-4-11(13)18)15-19-20-16(24-15)22-5-7-23-8-6-22/h2-4H,5-8H2,1H3. The van der Waals surface area contributed by atoms with Gasteiger partial charge in [-0.1, -0.05) is 39.5 Å². The summed E-state index contributed by atoms with van der Waals surface area (Å²) < 4.78 is 16.5. The molecule has 0 amide bonds. The monoisotopic (exact) mass is 380 g/mol. The van der Waals surface area contributed by atoms with Gasteiger partial charge in [0.05, 0.1) is 23.3 Å². The zero-order chi connectivity index (χ0) is 17.4. The number of nitrogens with zero attached hydrogens (tertiary/aromatic N) is 4. The molecule has 0 saturated carbocycles. The Bertz CT molecular complexity index is 882. The van der Waals surface area contributed by atoms with Crippen molar-refractivity contribution in [2.45, 2.75) is 6.92 Å². The summed E-state index contributed by atoms with van der Waals surface area (Å²) in [4.78, 5) is 1.98. The van der Waals surface area contributed by atoms with Gasteiger partial charge in [-0.3, -0.25) is 0 Å². The lowest BCUT2D eigenvalue weighted by atomic mass is 10.1. The van der Waals surface area contributed by atoms with Crippen LogP contribution in [0.1, 0.15) is 5.76 Å². The fourth-order valence-electron chi connectivity index (χ4n) is 2.72. The highest BCUT2D eigenvalue weighted by Crippen LogP contribution is 2.41. The van der Waals surface area contributed by atoms with Crippen molar-refractivity contribution in [2.24, 2.45) is 0 Å². The summed E-state index contributed by atoms with van der Waals surface area (Å²) in [6.45, 7) is 4.44. The van der Waals surface area contributed by atoms with Crippen molar-refractivity contribution >= 4 is 29.2 Å². The molecule has 0 spiro atoms. The van der Waals surface area contributed by atoms with Crippen LogP contribution in [0.2, 0.25) is 10.0 Å². The molecule has 4 rings (SSSR count). The van der Waals surface area contributed by atoms with E-state index < -0.39 is 0 Å². The first kappa shape index (κ1) is 16.4. The SMILES string of the molecule is Cc1onc(-c2c(Cl)cccc2Cl)c1-c1nnc(N2CCOCC2)o1. The average molecular weight is 381 g/mol. The van der Waals surface area contributed by atoms with Crippen molar-refractivity contribution in [3.05, 3.63) is 34.0 Å². The molecule has 1 aliphatic rings. The van der Waals surface area contributed by atoms with E-state index in [4.69, 9.17) is 36.9 Å². The van der Waals surface area contributed by atoms with E-state index in [2.05, 4.69) is 15.4 Å². The molecule has 0 aliphatic carbocycles. The van der Waals surface area contributed by atoms with Gasteiger partial charge in [-0.15, -0.1) is 5.10 Å².